The Morgan fingerprint density at radius 1 is 1.22 bits per heavy atom. The molecule has 2 atom stereocenters. The Balaban J connectivity index is 1.68. The lowest BCUT2D eigenvalue weighted by Gasteiger charge is -2.32. The van der Waals surface area contributed by atoms with Gasteiger partial charge in [0, 0.05) is 31.7 Å². The number of hydrogen-bond acceptors (Lipinski definition) is 3. The molecule has 0 saturated carbocycles. The van der Waals surface area contributed by atoms with Crippen LogP contribution in [0.2, 0.25) is 0 Å². The number of rotatable bonds is 4. The van der Waals surface area contributed by atoms with E-state index in [4.69, 9.17) is 4.74 Å². The van der Waals surface area contributed by atoms with Gasteiger partial charge in [0.05, 0.1) is 13.2 Å². The molecule has 2 heterocycles. The van der Waals surface area contributed by atoms with Gasteiger partial charge in [-0.2, -0.15) is 0 Å². The van der Waals surface area contributed by atoms with E-state index >= 15 is 0 Å². The predicted molar refractivity (Wildman–Crippen MR) is 73.4 cm³/mol. The van der Waals surface area contributed by atoms with Crippen molar-refractivity contribution >= 4 is 6.08 Å². The zero-order valence-electron chi connectivity index (χ0n) is 10.6. The molecule has 0 radical (unpaired) electrons. The van der Waals surface area contributed by atoms with E-state index in [9.17, 15) is 0 Å². The maximum atomic E-state index is 5.43. The van der Waals surface area contributed by atoms with Gasteiger partial charge in [-0.15, -0.1) is 0 Å². The number of nitrogens with one attached hydrogen (secondary N) is 1. The molecule has 1 aromatic rings. The second kappa shape index (κ2) is 5.65. The highest BCUT2D eigenvalue weighted by Crippen LogP contribution is 2.16. The van der Waals surface area contributed by atoms with Crippen molar-refractivity contribution < 1.29 is 4.74 Å². The first-order valence-electron chi connectivity index (χ1n) is 6.72. The average molecular weight is 244 g/mol. The Morgan fingerprint density at radius 2 is 1.94 bits per heavy atom. The quantitative estimate of drug-likeness (QED) is 0.812. The van der Waals surface area contributed by atoms with Gasteiger partial charge < -0.3 is 10.1 Å². The lowest BCUT2D eigenvalue weighted by atomic mass is 10.1. The van der Waals surface area contributed by atoms with Crippen molar-refractivity contribution in [1.82, 2.24) is 10.2 Å². The number of benzene rings is 1. The minimum absolute atomic E-state index is 0.508. The summed E-state index contributed by atoms with van der Waals surface area (Å²) in [6.45, 7) is 4.95. The van der Waals surface area contributed by atoms with E-state index in [0.717, 1.165) is 32.8 Å². The molecule has 0 spiro atoms. The highest BCUT2D eigenvalue weighted by molar-refractivity contribution is 5.50. The molecule has 2 saturated heterocycles. The van der Waals surface area contributed by atoms with E-state index in [-0.39, 0.29) is 0 Å². The summed E-state index contributed by atoms with van der Waals surface area (Å²) in [5.41, 5.74) is 1.27. The standard InChI is InChI=1S/C15H20N2O/c1-2-4-13(5-3-1)6-7-15(14-12-16-14)17-8-10-18-11-9-17/h1-7,14-16H,8-12H2/b7-6+/t14-,15-/m0/s1. The van der Waals surface area contributed by atoms with Gasteiger partial charge in [0.1, 0.15) is 0 Å². The molecule has 2 aliphatic rings. The van der Waals surface area contributed by atoms with Crippen LogP contribution in [0.3, 0.4) is 0 Å². The van der Waals surface area contributed by atoms with Crippen molar-refractivity contribution in [3.8, 4) is 0 Å². The topological polar surface area (TPSA) is 34.4 Å². The van der Waals surface area contributed by atoms with Gasteiger partial charge >= 0.3 is 0 Å². The van der Waals surface area contributed by atoms with Crippen LogP contribution in [0.4, 0.5) is 0 Å². The highest BCUT2D eigenvalue weighted by atomic mass is 16.5. The van der Waals surface area contributed by atoms with Crippen LogP contribution in [0.1, 0.15) is 5.56 Å². The third-order valence-electron chi connectivity index (χ3n) is 3.60. The molecule has 2 aliphatic heterocycles. The number of nitrogens with zero attached hydrogens (tertiary/aromatic N) is 1. The first kappa shape index (κ1) is 11.9. The van der Waals surface area contributed by atoms with Crippen molar-refractivity contribution in [3.63, 3.8) is 0 Å². The summed E-state index contributed by atoms with van der Waals surface area (Å²) in [7, 11) is 0. The summed E-state index contributed by atoms with van der Waals surface area (Å²) in [6, 6.07) is 11.6. The molecule has 0 amide bonds. The van der Waals surface area contributed by atoms with Crippen molar-refractivity contribution in [2.75, 3.05) is 32.8 Å². The number of morpholine rings is 1. The van der Waals surface area contributed by atoms with E-state index in [0.29, 0.717) is 12.1 Å². The van der Waals surface area contributed by atoms with Crippen LogP contribution < -0.4 is 5.32 Å². The summed E-state index contributed by atoms with van der Waals surface area (Å²) in [6.07, 6.45) is 4.57. The van der Waals surface area contributed by atoms with E-state index in [1.54, 1.807) is 0 Å². The van der Waals surface area contributed by atoms with Crippen LogP contribution in [0.15, 0.2) is 36.4 Å². The Bertz CT molecular complexity index is 394. The smallest absolute Gasteiger partial charge is 0.0594 e. The molecule has 2 fully saturated rings. The first-order valence-corrected chi connectivity index (χ1v) is 6.72. The zero-order chi connectivity index (χ0) is 12.2. The lowest BCUT2D eigenvalue weighted by molar-refractivity contribution is 0.0256. The number of hydrogen-bond donors (Lipinski definition) is 1. The van der Waals surface area contributed by atoms with Gasteiger partial charge in [0.2, 0.25) is 0 Å². The molecule has 3 heteroatoms. The Kier molecular flexibility index (Phi) is 3.74. The third-order valence-corrected chi connectivity index (χ3v) is 3.60. The second-order valence-corrected chi connectivity index (χ2v) is 4.92. The number of ether oxygens (including phenoxy) is 1. The Morgan fingerprint density at radius 3 is 2.61 bits per heavy atom. The fourth-order valence-electron chi connectivity index (χ4n) is 2.47. The molecular formula is C15H20N2O. The van der Waals surface area contributed by atoms with Crippen LogP contribution in [0, 0.1) is 0 Å². The highest BCUT2D eigenvalue weighted by Gasteiger charge is 2.33. The molecule has 1 N–H and O–H groups in total. The first-order chi connectivity index (χ1) is 8.93. The van der Waals surface area contributed by atoms with Crippen molar-refractivity contribution in [2.45, 2.75) is 12.1 Å². The van der Waals surface area contributed by atoms with E-state index in [1.165, 1.54) is 5.56 Å². The van der Waals surface area contributed by atoms with E-state index < -0.39 is 0 Å². The summed E-state index contributed by atoms with van der Waals surface area (Å²) in [4.78, 5) is 2.52. The molecule has 0 aromatic heterocycles. The fraction of sp³-hybridized carbons (Fsp3) is 0.467. The Labute approximate surface area is 108 Å². The van der Waals surface area contributed by atoms with E-state index in [1.807, 2.05) is 0 Å². The molecule has 1 aromatic carbocycles. The molecule has 18 heavy (non-hydrogen) atoms. The minimum atomic E-state index is 0.508. The molecule has 0 aliphatic carbocycles. The molecular weight excluding hydrogens is 224 g/mol. The van der Waals surface area contributed by atoms with Gasteiger partial charge in [-0.25, -0.2) is 0 Å². The van der Waals surface area contributed by atoms with E-state index in [2.05, 4.69) is 52.7 Å². The zero-order valence-corrected chi connectivity index (χ0v) is 10.6. The SMILES string of the molecule is C(=C\[C@@H]([C@@H]1CN1)N1CCOCC1)/c1ccccc1. The monoisotopic (exact) mass is 244 g/mol. The largest absolute Gasteiger partial charge is 0.379 e. The lowest BCUT2D eigenvalue weighted by Crippen LogP contribution is -2.45. The van der Waals surface area contributed by atoms with Crippen molar-refractivity contribution in [3.05, 3.63) is 42.0 Å². The summed E-state index contributed by atoms with van der Waals surface area (Å²) < 4.78 is 5.43. The second-order valence-electron chi connectivity index (χ2n) is 4.92. The van der Waals surface area contributed by atoms with Crippen LogP contribution in [0.5, 0.6) is 0 Å². The normalized spacial score (nSPS) is 26.3. The van der Waals surface area contributed by atoms with Gasteiger partial charge in [-0.05, 0) is 5.56 Å². The molecule has 96 valence electrons. The van der Waals surface area contributed by atoms with Crippen molar-refractivity contribution in [1.29, 1.82) is 0 Å². The molecule has 3 nitrogen and oxygen atoms in total. The average Bonchev–Trinajstić information content (AvgIpc) is 3.26. The molecule has 3 rings (SSSR count). The van der Waals surface area contributed by atoms with Crippen LogP contribution in [-0.4, -0.2) is 49.8 Å². The maximum absolute atomic E-state index is 5.43. The van der Waals surface area contributed by atoms with Gasteiger partial charge in [-0.1, -0.05) is 42.5 Å². The van der Waals surface area contributed by atoms with Gasteiger partial charge in [-0.3, -0.25) is 4.90 Å². The van der Waals surface area contributed by atoms with Crippen LogP contribution in [0.25, 0.3) is 6.08 Å². The fourth-order valence-corrected chi connectivity index (χ4v) is 2.47. The predicted octanol–water partition coefficient (Wildman–Crippen LogP) is 1.37. The summed E-state index contributed by atoms with van der Waals surface area (Å²) >= 11 is 0. The van der Waals surface area contributed by atoms with Crippen molar-refractivity contribution in [2.24, 2.45) is 0 Å². The summed E-state index contributed by atoms with van der Waals surface area (Å²) in [5.74, 6) is 0. The molecule has 0 bridgehead atoms. The van der Waals surface area contributed by atoms with Crippen LogP contribution >= 0.6 is 0 Å². The minimum Gasteiger partial charge on any atom is -0.379 e. The Hall–Kier alpha value is -1.16. The third kappa shape index (κ3) is 2.99. The van der Waals surface area contributed by atoms with Gasteiger partial charge in [0.15, 0.2) is 0 Å². The van der Waals surface area contributed by atoms with Gasteiger partial charge in [0.25, 0.3) is 0 Å². The maximum Gasteiger partial charge on any atom is 0.0594 e. The summed E-state index contributed by atoms with van der Waals surface area (Å²) in [5, 5.41) is 3.43. The molecule has 0 unspecified atom stereocenters. The van der Waals surface area contributed by atoms with Crippen LogP contribution in [-0.2, 0) is 4.74 Å².